The van der Waals surface area contributed by atoms with E-state index in [0.29, 0.717) is 0 Å². The van der Waals surface area contributed by atoms with Crippen molar-refractivity contribution in [2.75, 3.05) is 0 Å². The molecule has 0 N–H and O–H groups in total. The lowest BCUT2D eigenvalue weighted by atomic mass is 10.2. The van der Waals surface area contributed by atoms with Crippen molar-refractivity contribution < 1.29 is 4.92 Å². The van der Waals surface area contributed by atoms with E-state index in [-0.39, 0.29) is 21.4 Å². The molecule has 92 valence electrons. The first kappa shape index (κ1) is 12.5. The van der Waals surface area contributed by atoms with Crippen LogP contribution in [0.5, 0.6) is 0 Å². The first-order valence-corrected chi connectivity index (χ1v) is 5.45. The minimum absolute atomic E-state index is 0.00324. The van der Waals surface area contributed by atoms with Gasteiger partial charge in [0.2, 0.25) is 0 Å². The fourth-order valence-electron chi connectivity index (χ4n) is 1.38. The number of aromatic nitrogens is 2. The summed E-state index contributed by atoms with van der Waals surface area (Å²) in [6, 6.07) is 5.71. The van der Waals surface area contributed by atoms with E-state index >= 15 is 0 Å². The zero-order valence-corrected chi connectivity index (χ0v) is 10.2. The van der Waals surface area contributed by atoms with E-state index in [1.807, 2.05) is 0 Å². The zero-order chi connectivity index (χ0) is 13.3. The predicted molar refractivity (Wildman–Crippen MR) is 66.5 cm³/mol. The number of nitrogens with zero attached hydrogens (tertiary/aromatic N) is 3. The summed E-state index contributed by atoms with van der Waals surface area (Å²) in [6.45, 7) is 0. The first-order valence-electron chi connectivity index (χ1n) is 4.69. The van der Waals surface area contributed by atoms with E-state index in [9.17, 15) is 14.9 Å². The smallest absolute Gasteiger partial charge is 0.266 e. The Morgan fingerprint density at radius 2 is 1.94 bits per heavy atom. The monoisotopic (exact) mass is 285 g/mol. The molecule has 0 saturated heterocycles. The molecule has 1 aromatic carbocycles. The van der Waals surface area contributed by atoms with Crippen molar-refractivity contribution >= 4 is 28.9 Å². The molecule has 0 aliphatic rings. The fraction of sp³-hybridized carbons (Fsp3) is 0. The van der Waals surface area contributed by atoms with E-state index in [1.54, 1.807) is 6.07 Å². The standard InChI is InChI=1S/C10H5Cl2N3O3/c11-6-5-13-14(10(16)9(6)12)7-3-1-2-4-8(7)15(17)18/h1-5H. The second-order valence-electron chi connectivity index (χ2n) is 3.27. The van der Waals surface area contributed by atoms with Crippen molar-refractivity contribution in [3.05, 3.63) is 61.0 Å². The molecule has 0 radical (unpaired) electrons. The van der Waals surface area contributed by atoms with Crippen molar-refractivity contribution in [3.63, 3.8) is 0 Å². The number of benzene rings is 1. The third-order valence-corrected chi connectivity index (χ3v) is 2.93. The Balaban J connectivity index is 2.75. The Labute approximate surface area is 111 Å². The highest BCUT2D eigenvalue weighted by Crippen LogP contribution is 2.22. The van der Waals surface area contributed by atoms with Crippen molar-refractivity contribution in [2.45, 2.75) is 0 Å². The number of para-hydroxylation sites is 2. The Morgan fingerprint density at radius 3 is 2.61 bits per heavy atom. The molecule has 0 atom stereocenters. The molecule has 6 nitrogen and oxygen atoms in total. The normalized spacial score (nSPS) is 10.3. The minimum Gasteiger partial charge on any atom is -0.266 e. The highest BCUT2D eigenvalue weighted by atomic mass is 35.5. The Bertz CT molecular complexity index is 684. The second-order valence-corrected chi connectivity index (χ2v) is 4.05. The number of nitro groups is 1. The lowest BCUT2D eigenvalue weighted by Gasteiger charge is -2.05. The largest absolute Gasteiger partial charge is 0.295 e. The minimum atomic E-state index is -0.710. The molecule has 0 saturated carbocycles. The maximum absolute atomic E-state index is 11.8. The Kier molecular flexibility index (Phi) is 3.31. The third kappa shape index (κ3) is 2.07. The van der Waals surface area contributed by atoms with Crippen LogP contribution in [0.3, 0.4) is 0 Å². The van der Waals surface area contributed by atoms with Gasteiger partial charge in [-0.25, -0.2) is 0 Å². The fourth-order valence-corrected chi connectivity index (χ4v) is 1.64. The molecule has 18 heavy (non-hydrogen) atoms. The summed E-state index contributed by atoms with van der Waals surface area (Å²) in [4.78, 5) is 22.1. The second kappa shape index (κ2) is 4.75. The van der Waals surface area contributed by atoms with Crippen LogP contribution in [0.15, 0.2) is 35.3 Å². The number of hydrogen-bond donors (Lipinski definition) is 0. The summed E-state index contributed by atoms with van der Waals surface area (Å²) < 4.78 is 0.840. The van der Waals surface area contributed by atoms with Crippen LogP contribution in [0.1, 0.15) is 0 Å². The first-order chi connectivity index (χ1) is 8.52. The van der Waals surface area contributed by atoms with E-state index in [2.05, 4.69) is 5.10 Å². The van der Waals surface area contributed by atoms with Crippen LogP contribution < -0.4 is 5.56 Å². The van der Waals surface area contributed by atoms with Gasteiger partial charge in [-0.15, -0.1) is 0 Å². The number of nitro benzene ring substituents is 1. The third-order valence-electron chi connectivity index (χ3n) is 2.18. The zero-order valence-electron chi connectivity index (χ0n) is 8.71. The SMILES string of the molecule is O=c1c(Cl)c(Cl)cnn1-c1ccccc1[N+](=O)[O-]. The molecule has 0 unspecified atom stereocenters. The van der Waals surface area contributed by atoms with Gasteiger partial charge in [-0.2, -0.15) is 9.78 Å². The van der Waals surface area contributed by atoms with Crippen molar-refractivity contribution in [3.8, 4) is 5.69 Å². The van der Waals surface area contributed by atoms with Crippen molar-refractivity contribution in [2.24, 2.45) is 0 Å². The lowest BCUT2D eigenvalue weighted by molar-refractivity contribution is -0.384. The quantitative estimate of drug-likeness (QED) is 0.627. The van der Waals surface area contributed by atoms with Crippen molar-refractivity contribution in [1.82, 2.24) is 9.78 Å². The highest BCUT2D eigenvalue weighted by molar-refractivity contribution is 6.41. The van der Waals surface area contributed by atoms with Crippen LogP contribution in [-0.2, 0) is 0 Å². The Hall–Kier alpha value is -1.92. The van der Waals surface area contributed by atoms with Gasteiger partial charge in [0.05, 0.1) is 16.1 Å². The van der Waals surface area contributed by atoms with Gasteiger partial charge in [-0.1, -0.05) is 35.3 Å². The van der Waals surface area contributed by atoms with Gasteiger partial charge in [0.25, 0.3) is 11.2 Å². The topological polar surface area (TPSA) is 78.0 Å². The van der Waals surface area contributed by atoms with Gasteiger partial charge in [0, 0.05) is 6.07 Å². The van der Waals surface area contributed by atoms with Gasteiger partial charge in [-0.05, 0) is 6.07 Å². The summed E-state index contributed by atoms with van der Waals surface area (Å²) in [6.07, 6.45) is 1.15. The van der Waals surface area contributed by atoms with Gasteiger partial charge in [0.1, 0.15) is 10.7 Å². The van der Waals surface area contributed by atoms with E-state index in [0.717, 1.165) is 10.9 Å². The molecular weight excluding hydrogens is 281 g/mol. The molecule has 0 aliphatic carbocycles. The number of hydrogen-bond acceptors (Lipinski definition) is 4. The van der Waals surface area contributed by atoms with Crippen LogP contribution in [0, 0.1) is 10.1 Å². The predicted octanol–water partition coefficient (Wildman–Crippen LogP) is 2.45. The summed E-state index contributed by atoms with van der Waals surface area (Å²) in [5.41, 5.74) is -0.921. The van der Waals surface area contributed by atoms with Crippen LogP contribution in [0.25, 0.3) is 5.69 Å². The lowest BCUT2D eigenvalue weighted by Crippen LogP contribution is -2.22. The van der Waals surface area contributed by atoms with E-state index in [1.165, 1.54) is 18.2 Å². The molecule has 8 heteroatoms. The molecule has 0 bridgehead atoms. The van der Waals surface area contributed by atoms with Crippen LogP contribution in [0.4, 0.5) is 5.69 Å². The molecule has 2 aromatic rings. The summed E-state index contributed by atoms with van der Waals surface area (Å²) in [5, 5.41) is 14.4. The molecule has 0 spiro atoms. The number of halogens is 2. The molecule has 0 fully saturated rings. The number of rotatable bonds is 2. The van der Waals surface area contributed by atoms with E-state index < -0.39 is 10.5 Å². The average molecular weight is 286 g/mol. The van der Waals surface area contributed by atoms with Gasteiger partial charge < -0.3 is 0 Å². The van der Waals surface area contributed by atoms with Gasteiger partial charge in [-0.3, -0.25) is 14.9 Å². The van der Waals surface area contributed by atoms with Crippen LogP contribution >= 0.6 is 23.2 Å². The van der Waals surface area contributed by atoms with Crippen LogP contribution in [0.2, 0.25) is 10.0 Å². The molecule has 2 rings (SSSR count). The summed E-state index contributed by atoms with van der Waals surface area (Å²) in [5.74, 6) is 0. The van der Waals surface area contributed by atoms with Crippen molar-refractivity contribution in [1.29, 1.82) is 0 Å². The maximum Gasteiger partial charge on any atom is 0.295 e. The molecule has 1 aromatic heterocycles. The molecule has 0 amide bonds. The van der Waals surface area contributed by atoms with Gasteiger partial charge in [0.15, 0.2) is 0 Å². The van der Waals surface area contributed by atoms with E-state index in [4.69, 9.17) is 23.2 Å². The van der Waals surface area contributed by atoms with Crippen LogP contribution in [-0.4, -0.2) is 14.7 Å². The summed E-state index contributed by atoms with van der Waals surface area (Å²) in [7, 11) is 0. The summed E-state index contributed by atoms with van der Waals surface area (Å²) >= 11 is 11.3. The molecular formula is C10H5Cl2N3O3. The molecule has 1 heterocycles. The Morgan fingerprint density at radius 1 is 1.28 bits per heavy atom. The maximum atomic E-state index is 11.8. The van der Waals surface area contributed by atoms with Gasteiger partial charge >= 0.3 is 0 Å². The highest BCUT2D eigenvalue weighted by Gasteiger charge is 2.18. The molecule has 0 aliphatic heterocycles. The average Bonchev–Trinajstić information content (AvgIpc) is 2.36.